The summed E-state index contributed by atoms with van der Waals surface area (Å²) in [4.78, 5) is 13.3. The highest BCUT2D eigenvalue weighted by molar-refractivity contribution is 9.08. The molecule has 12 heavy (non-hydrogen) atoms. The minimum absolute atomic E-state index is 0.528. The Bertz CT molecular complexity index is 334. The lowest BCUT2D eigenvalue weighted by atomic mass is 10.2. The van der Waals surface area contributed by atoms with E-state index in [-0.39, 0.29) is 0 Å². The van der Waals surface area contributed by atoms with Gasteiger partial charge in [0.15, 0.2) is 0 Å². The zero-order valence-corrected chi connectivity index (χ0v) is 8.39. The topological polar surface area (TPSA) is 29.4 Å². The van der Waals surface area contributed by atoms with Crippen LogP contribution in [0.3, 0.4) is 0 Å². The fourth-order valence-electron chi connectivity index (χ4n) is 0.767. The monoisotopic (exact) mass is 245 g/mol. The van der Waals surface area contributed by atoms with Crippen LogP contribution in [0.5, 0.6) is 0 Å². The lowest BCUT2D eigenvalue weighted by Crippen LogP contribution is -1.77. The predicted octanol–water partition coefficient (Wildman–Crippen LogP) is 3.20. The molecule has 0 aliphatic heterocycles. The van der Waals surface area contributed by atoms with Crippen LogP contribution in [0.25, 0.3) is 0 Å². The van der Waals surface area contributed by atoms with Crippen molar-refractivity contribution in [2.75, 3.05) is 0 Å². The highest BCUT2D eigenvalue weighted by Crippen LogP contribution is 2.23. The highest BCUT2D eigenvalue weighted by Gasteiger charge is 1.98. The summed E-state index contributed by atoms with van der Waals surface area (Å²) in [6, 6.07) is 5.16. The molecular formula is C8H5BrClNO. The Labute approximate surface area is 83.4 Å². The van der Waals surface area contributed by atoms with Crippen LogP contribution in [0, 0.1) is 0 Å². The van der Waals surface area contributed by atoms with E-state index in [2.05, 4.69) is 20.9 Å². The van der Waals surface area contributed by atoms with Crippen LogP contribution >= 0.6 is 27.5 Å². The fourth-order valence-corrected chi connectivity index (χ4v) is 1.66. The van der Waals surface area contributed by atoms with E-state index in [4.69, 9.17) is 11.6 Å². The van der Waals surface area contributed by atoms with Gasteiger partial charge in [-0.15, -0.1) is 0 Å². The van der Waals surface area contributed by atoms with Gasteiger partial charge in [0.2, 0.25) is 6.08 Å². The number of rotatable bonds is 2. The number of hydrogen-bond acceptors (Lipinski definition) is 2. The molecule has 2 nitrogen and oxygen atoms in total. The van der Waals surface area contributed by atoms with Gasteiger partial charge in [0.1, 0.15) is 0 Å². The summed E-state index contributed by atoms with van der Waals surface area (Å²) in [5, 5.41) is 1.29. The van der Waals surface area contributed by atoms with Gasteiger partial charge in [-0.05, 0) is 17.7 Å². The van der Waals surface area contributed by atoms with Crippen LogP contribution in [-0.4, -0.2) is 6.08 Å². The summed E-state index contributed by atoms with van der Waals surface area (Å²) >= 11 is 9.12. The third-order valence-corrected chi connectivity index (χ3v) is 2.31. The average Bonchev–Trinajstić information content (AvgIpc) is 2.05. The molecule has 0 saturated carbocycles. The van der Waals surface area contributed by atoms with Crippen LogP contribution in [0.2, 0.25) is 5.02 Å². The van der Waals surface area contributed by atoms with E-state index < -0.39 is 0 Å². The molecular weight excluding hydrogens is 241 g/mol. The summed E-state index contributed by atoms with van der Waals surface area (Å²) in [6.45, 7) is 0. The van der Waals surface area contributed by atoms with Gasteiger partial charge in [0.25, 0.3) is 0 Å². The second-order valence-electron chi connectivity index (χ2n) is 2.11. The van der Waals surface area contributed by atoms with Crippen molar-refractivity contribution in [3.05, 3.63) is 28.8 Å². The Hall–Kier alpha value is -0.630. The fraction of sp³-hybridized carbons (Fsp3) is 0.125. The van der Waals surface area contributed by atoms with Crippen LogP contribution in [0.15, 0.2) is 23.2 Å². The Morgan fingerprint density at radius 3 is 2.83 bits per heavy atom. The SMILES string of the molecule is O=C=Nc1ccc(CBr)c(Cl)c1. The number of halogens is 2. The predicted molar refractivity (Wildman–Crippen MR) is 51.9 cm³/mol. The third kappa shape index (κ3) is 2.18. The zero-order valence-electron chi connectivity index (χ0n) is 6.05. The molecule has 0 radical (unpaired) electrons. The van der Waals surface area contributed by atoms with Crippen LogP contribution in [0.1, 0.15) is 5.56 Å². The largest absolute Gasteiger partial charge is 0.240 e. The number of carbonyl (C=O) groups excluding carboxylic acids is 1. The molecule has 0 heterocycles. The summed E-state index contributed by atoms with van der Waals surface area (Å²) in [6.07, 6.45) is 1.45. The van der Waals surface area contributed by atoms with Gasteiger partial charge in [-0.2, -0.15) is 4.99 Å². The first-order chi connectivity index (χ1) is 5.77. The molecule has 4 heteroatoms. The van der Waals surface area contributed by atoms with Crippen molar-refractivity contribution >= 4 is 39.3 Å². The number of hydrogen-bond donors (Lipinski definition) is 0. The van der Waals surface area contributed by atoms with Crippen molar-refractivity contribution in [2.45, 2.75) is 5.33 Å². The number of alkyl halides is 1. The molecule has 62 valence electrons. The summed E-state index contributed by atoms with van der Waals surface area (Å²) in [5.74, 6) is 0. The number of nitrogens with zero attached hydrogens (tertiary/aromatic N) is 1. The van der Waals surface area contributed by atoms with Gasteiger partial charge in [-0.1, -0.05) is 33.6 Å². The van der Waals surface area contributed by atoms with Crippen LogP contribution in [0.4, 0.5) is 5.69 Å². The Balaban J connectivity index is 3.09. The summed E-state index contributed by atoms with van der Waals surface area (Å²) in [5.41, 5.74) is 1.50. The van der Waals surface area contributed by atoms with E-state index in [9.17, 15) is 4.79 Å². The molecule has 0 bridgehead atoms. The molecule has 1 rings (SSSR count). The standard InChI is InChI=1S/C8H5BrClNO/c9-4-6-1-2-7(11-5-12)3-8(6)10/h1-3H,4H2. The van der Waals surface area contributed by atoms with Gasteiger partial charge in [-0.3, -0.25) is 0 Å². The quantitative estimate of drug-likeness (QED) is 0.448. The minimum atomic E-state index is 0.528. The Kier molecular flexibility index (Phi) is 3.48. The van der Waals surface area contributed by atoms with Gasteiger partial charge in [-0.25, -0.2) is 4.79 Å². The molecule has 0 aliphatic rings. The van der Waals surface area contributed by atoms with E-state index in [1.165, 1.54) is 6.08 Å². The molecule has 0 N–H and O–H groups in total. The number of benzene rings is 1. The molecule has 0 amide bonds. The van der Waals surface area contributed by atoms with Crippen molar-refractivity contribution in [1.82, 2.24) is 0 Å². The van der Waals surface area contributed by atoms with Crippen molar-refractivity contribution in [3.8, 4) is 0 Å². The first-order valence-electron chi connectivity index (χ1n) is 3.20. The maximum atomic E-state index is 9.90. The maximum absolute atomic E-state index is 9.90. The van der Waals surface area contributed by atoms with E-state index in [1.807, 2.05) is 6.07 Å². The lowest BCUT2D eigenvalue weighted by Gasteiger charge is -1.98. The molecule has 0 saturated heterocycles. The van der Waals surface area contributed by atoms with E-state index in [0.29, 0.717) is 16.0 Å². The van der Waals surface area contributed by atoms with E-state index in [1.54, 1.807) is 12.1 Å². The average molecular weight is 246 g/mol. The van der Waals surface area contributed by atoms with Crippen molar-refractivity contribution < 1.29 is 4.79 Å². The first-order valence-corrected chi connectivity index (χ1v) is 4.70. The number of aliphatic imine (C=N–C) groups is 1. The third-order valence-electron chi connectivity index (χ3n) is 1.36. The van der Waals surface area contributed by atoms with Gasteiger partial charge in [0, 0.05) is 10.4 Å². The normalized spacial score (nSPS) is 9.17. The second-order valence-corrected chi connectivity index (χ2v) is 3.08. The lowest BCUT2D eigenvalue weighted by molar-refractivity contribution is 0.565. The van der Waals surface area contributed by atoms with Gasteiger partial charge in [0.05, 0.1) is 5.69 Å². The van der Waals surface area contributed by atoms with Crippen molar-refractivity contribution in [2.24, 2.45) is 4.99 Å². The molecule has 0 atom stereocenters. The zero-order chi connectivity index (χ0) is 8.97. The highest BCUT2D eigenvalue weighted by atomic mass is 79.9. The molecule has 0 aromatic heterocycles. The first kappa shape index (κ1) is 9.46. The molecule has 0 aliphatic carbocycles. The Morgan fingerprint density at radius 1 is 1.58 bits per heavy atom. The smallest absolute Gasteiger partial charge is 0.211 e. The summed E-state index contributed by atoms with van der Waals surface area (Å²) in [7, 11) is 0. The summed E-state index contributed by atoms with van der Waals surface area (Å²) < 4.78 is 0. The Morgan fingerprint density at radius 2 is 2.33 bits per heavy atom. The minimum Gasteiger partial charge on any atom is -0.211 e. The molecule has 1 aromatic rings. The molecule has 1 aromatic carbocycles. The van der Waals surface area contributed by atoms with E-state index in [0.717, 1.165) is 5.56 Å². The van der Waals surface area contributed by atoms with Gasteiger partial charge >= 0.3 is 0 Å². The van der Waals surface area contributed by atoms with E-state index >= 15 is 0 Å². The second kappa shape index (κ2) is 4.41. The molecule has 0 spiro atoms. The molecule has 0 unspecified atom stereocenters. The van der Waals surface area contributed by atoms with Crippen molar-refractivity contribution in [3.63, 3.8) is 0 Å². The van der Waals surface area contributed by atoms with Crippen LogP contribution in [-0.2, 0) is 10.1 Å². The van der Waals surface area contributed by atoms with Crippen LogP contribution < -0.4 is 0 Å². The number of isocyanates is 1. The maximum Gasteiger partial charge on any atom is 0.240 e. The van der Waals surface area contributed by atoms with Gasteiger partial charge < -0.3 is 0 Å². The van der Waals surface area contributed by atoms with Crippen molar-refractivity contribution in [1.29, 1.82) is 0 Å². The molecule has 0 fully saturated rings.